The van der Waals surface area contributed by atoms with Gasteiger partial charge in [0.05, 0.1) is 74.8 Å². The van der Waals surface area contributed by atoms with Crippen LogP contribution in [-0.2, 0) is 22.4 Å². The summed E-state index contributed by atoms with van der Waals surface area (Å²) >= 11 is 3.23. The highest BCUT2D eigenvalue weighted by molar-refractivity contribution is 9.10. The van der Waals surface area contributed by atoms with E-state index in [1.807, 2.05) is 39.8 Å². The molecule has 0 unspecified atom stereocenters. The Hall–Kier alpha value is -7.28. The number of rotatable bonds is 10. The fourth-order valence-electron chi connectivity index (χ4n) is 6.45. The van der Waals surface area contributed by atoms with E-state index >= 15 is 0 Å². The molecule has 66 heavy (non-hydrogen) atoms. The number of methoxy groups -OCH3 is 2. The van der Waals surface area contributed by atoms with Crippen molar-refractivity contribution >= 4 is 51.6 Å². The lowest BCUT2D eigenvalue weighted by Gasteiger charge is -2.32. The van der Waals surface area contributed by atoms with Crippen molar-refractivity contribution in [3.05, 3.63) is 113 Å². The number of alkyl halides is 4. The Morgan fingerprint density at radius 1 is 0.667 bits per heavy atom. The van der Waals surface area contributed by atoms with E-state index < -0.39 is 33.1 Å². The van der Waals surface area contributed by atoms with Crippen molar-refractivity contribution in [1.29, 1.82) is 0 Å². The van der Waals surface area contributed by atoms with Gasteiger partial charge < -0.3 is 37.6 Å². The van der Waals surface area contributed by atoms with E-state index in [2.05, 4.69) is 65.7 Å². The zero-order valence-corrected chi connectivity index (χ0v) is 37.6. The first-order chi connectivity index (χ1) is 31.6. The minimum atomic E-state index is -2.57. The van der Waals surface area contributed by atoms with Gasteiger partial charge in [-0.2, -0.15) is 0 Å². The van der Waals surface area contributed by atoms with Crippen molar-refractivity contribution in [3.63, 3.8) is 0 Å². The maximum atomic E-state index is 13.1. The zero-order valence-electron chi connectivity index (χ0n) is 36.0. The van der Waals surface area contributed by atoms with Crippen molar-refractivity contribution in [3.8, 4) is 45.9 Å². The van der Waals surface area contributed by atoms with Crippen molar-refractivity contribution in [2.24, 2.45) is 0 Å². The summed E-state index contributed by atoms with van der Waals surface area (Å²) < 4.78 is 79.3. The maximum absolute atomic E-state index is 13.1. The summed E-state index contributed by atoms with van der Waals surface area (Å²) in [6.45, 7) is 21.3. The summed E-state index contributed by atoms with van der Waals surface area (Å²) in [5.41, 5.74) is 3.49. The molecule has 8 aromatic rings. The molecular formula is C42H38BBrF4N14O4. The van der Waals surface area contributed by atoms with E-state index in [1.54, 1.807) is 55.6 Å². The number of aromatic nitrogens is 12. The molecule has 0 radical (unpaired) electrons. The van der Waals surface area contributed by atoms with Crippen LogP contribution in [-0.4, -0.2) is 104 Å². The SMILES string of the molecule is COc1cccc(B2OC(C)(C)C(C)(C)O2)n1.[C-]#[N+]c1cnc2ccc(-c3c(-c4cccc(OC)n4)ncn3CC(F)F)nn12.[C-]#[N+]c1cnc2ccc(-c3c(Br)ncn3CC(F)F)nn12. The molecule has 0 N–H and O–H groups in total. The average Bonchev–Trinajstić information content (AvgIpc) is 4.13. The molecule has 1 aliphatic rings. The quantitative estimate of drug-likeness (QED) is 0.0737. The number of fused-ring (bicyclic) bond motifs is 2. The van der Waals surface area contributed by atoms with Gasteiger partial charge in [0.1, 0.15) is 33.1 Å². The number of imidazole rings is 4. The molecule has 8 aromatic heterocycles. The monoisotopic (exact) mass is 968 g/mol. The minimum Gasteiger partial charge on any atom is -0.481 e. The Balaban J connectivity index is 0.000000152. The normalized spacial score (nSPS) is 13.8. The lowest BCUT2D eigenvalue weighted by Crippen LogP contribution is -2.41. The molecule has 0 amide bonds. The summed E-state index contributed by atoms with van der Waals surface area (Å²) in [6.07, 6.45) is 0.384. The summed E-state index contributed by atoms with van der Waals surface area (Å²) in [5, 5.41) is 8.70. The molecule has 1 aliphatic heterocycles. The highest BCUT2D eigenvalue weighted by Crippen LogP contribution is 2.37. The van der Waals surface area contributed by atoms with Crippen LogP contribution in [0.5, 0.6) is 11.8 Å². The molecule has 0 aromatic carbocycles. The van der Waals surface area contributed by atoms with Crippen LogP contribution in [0.2, 0.25) is 0 Å². The topological polar surface area (TPSA) is 167 Å². The molecular weight excluding hydrogens is 931 g/mol. The van der Waals surface area contributed by atoms with Crippen LogP contribution in [0.1, 0.15) is 27.7 Å². The average molecular weight is 970 g/mol. The van der Waals surface area contributed by atoms with Crippen molar-refractivity contribution in [2.75, 3.05) is 14.2 Å². The largest absolute Gasteiger partial charge is 0.514 e. The van der Waals surface area contributed by atoms with E-state index in [9.17, 15) is 17.6 Å². The lowest BCUT2D eigenvalue weighted by atomic mass is 9.84. The molecule has 338 valence electrons. The Labute approximate surface area is 383 Å². The molecule has 0 spiro atoms. The van der Waals surface area contributed by atoms with Gasteiger partial charge in [0.15, 0.2) is 0 Å². The van der Waals surface area contributed by atoms with Crippen LogP contribution in [0.4, 0.5) is 29.2 Å². The second kappa shape index (κ2) is 19.4. The second-order valence-corrected chi connectivity index (χ2v) is 15.9. The van der Waals surface area contributed by atoms with E-state index in [1.165, 1.54) is 50.3 Å². The van der Waals surface area contributed by atoms with Crippen LogP contribution in [0.3, 0.4) is 0 Å². The van der Waals surface area contributed by atoms with Gasteiger partial charge in [-0.25, -0.2) is 47.5 Å². The van der Waals surface area contributed by atoms with Gasteiger partial charge in [-0.15, -0.1) is 9.03 Å². The first-order valence-electron chi connectivity index (χ1n) is 19.7. The van der Waals surface area contributed by atoms with Gasteiger partial charge in [0.25, 0.3) is 24.5 Å². The fourth-order valence-corrected chi connectivity index (χ4v) is 6.97. The summed E-state index contributed by atoms with van der Waals surface area (Å²) in [6, 6.07) is 17.3. The van der Waals surface area contributed by atoms with Crippen LogP contribution in [0.15, 0.2) is 90.3 Å². The minimum absolute atomic E-state index is 0.220. The molecule has 0 atom stereocenters. The van der Waals surface area contributed by atoms with Crippen LogP contribution in [0.25, 0.3) is 55.1 Å². The molecule has 18 nitrogen and oxygen atoms in total. The van der Waals surface area contributed by atoms with E-state index in [-0.39, 0.29) is 22.8 Å². The molecule has 9 heterocycles. The van der Waals surface area contributed by atoms with Gasteiger partial charge >= 0.3 is 7.12 Å². The molecule has 1 fully saturated rings. The molecule has 24 heteroatoms. The number of halogens is 5. The van der Waals surface area contributed by atoms with Crippen LogP contribution in [0, 0.1) is 13.1 Å². The van der Waals surface area contributed by atoms with E-state index in [0.717, 1.165) is 5.59 Å². The number of hydrogen-bond donors (Lipinski definition) is 0. The van der Waals surface area contributed by atoms with Crippen LogP contribution < -0.4 is 15.1 Å². The number of pyridine rings is 2. The number of nitrogens with zero attached hydrogens (tertiary/aromatic N) is 14. The third-order valence-electron chi connectivity index (χ3n) is 10.3. The van der Waals surface area contributed by atoms with Gasteiger partial charge in [-0.1, -0.05) is 35.5 Å². The molecule has 0 aliphatic carbocycles. The fraction of sp³-hybridized carbons (Fsp3) is 0.286. The predicted octanol–water partition coefficient (Wildman–Crippen LogP) is 8.04. The van der Waals surface area contributed by atoms with Crippen molar-refractivity contribution in [1.82, 2.24) is 58.3 Å². The Morgan fingerprint density at radius 3 is 1.70 bits per heavy atom. The first-order valence-corrected chi connectivity index (χ1v) is 20.5. The highest BCUT2D eigenvalue weighted by Gasteiger charge is 2.52. The van der Waals surface area contributed by atoms with E-state index in [4.69, 9.17) is 31.9 Å². The maximum Gasteiger partial charge on any atom is 0.514 e. The summed E-state index contributed by atoms with van der Waals surface area (Å²) in [4.78, 5) is 31.8. The summed E-state index contributed by atoms with van der Waals surface area (Å²) in [5.74, 6) is 1.41. The second-order valence-electron chi connectivity index (χ2n) is 15.1. The zero-order chi connectivity index (χ0) is 47.3. The van der Waals surface area contributed by atoms with Gasteiger partial charge in [0, 0.05) is 24.3 Å². The van der Waals surface area contributed by atoms with Gasteiger partial charge in [-0.3, -0.25) is 0 Å². The number of hydrogen-bond acceptors (Lipinski definition) is 12. The lowest BCUT2D eigenvalue weighted by molar-refractivity contribution is 0.00578. The van der Waals surface area contributed by atoms with Crippen LogP contribution >= 0.6 is 15.9 Å². The molecule has 0 bridgehead atoms. The standard InChI is InChI=1S/C18H13F2N7O.C12H18BNO3.C12H7BrF2N6/c1-21-15-8-22-14-7-6-12(25-27(14)15)18-17(23-10-26(18)9-13(19)20)11-4-3-5-16(24-11)28-2;1-11(2)12(3,4)17-13(16-11)9-7-6-8-10(14-9)15-5;1-16-10-4-17-9-3-2-7(19-21(9)10)11-12(13)18-6-20(11)5-8(14)15/h3-8,10,13H,9H2,2H3;6-8H,1-5H3;2-4,6,8H,5H2. The third-order valence-corrected chi connectivity index (χ3v) is 10.9. The molecule has 0 saturated carbocycles. The Bertz CT molecular complexity index is 3070. The smallest absolute Gasteiger partial charge is 0.481 e. The third kappa shape index (κ3) is 9.85. The van der Waals surface area contributed by atoms with Gasteiger partial charge in [-0.05, 0) is 67.9 Å². The highest BCUT2D eigenvalue weighted by atomic mass is 79.9. The first kappa shape index (κ1) is 46.7. The summed E-state index contributed by atoms with van der Waals surface area (Å²) in [7, 11) is 2.65. The van der Waals surface area contributed by atoms with E-state index in [0.29, 0.717) is 61.8 Å². The molecule has 1 saturated heterocycles. The van der Waals surface area contributed by atoms with Crippen molar-refractivity contribution in [2.45, 2.75) is 64.8 Å². The Morgan fingerprint density at radius 2 is 1.17 bits per heavy atom. The van der Waals surface area contributed by atoms with Crippen molar-refractivity contribution < 1.29 is 36.3 Å². The molecule has 9 rings (SSSR count). The predicted molar refractivity (Wildman–Crippen MR) is 237 cm³/mol. The Kier molecular flexibility index (Phi) is 13.8. The number of ether oxygens (including phenoxy) is 2. The van der Waals surface area contributed by atoms with Gasteiger partial charge in [0.2, 0.25) is 23.1 Å².